The number of allylic oxidation sites excluding steroid dienone is 1. The Morgan fingerprint density at radius 3 is 2.80 bits per heavy atom. The van der Waals surface area contributed by atoms with Crippen LogP contribution in [0.3, 0.4) is 0 Å². The third-order valence-electron chi connectivity index (χ3n) is 5.96. The molecular weight excluding hydrogens is 388 g/mol. The van der Waals surface area contributed by atoms with E-state index in [0.717, 1.165) is 49.8 Å². The van der Waals surface area contributed by atoms with Gasteiger partial charge in [0.25, 0.3) is 0 Å². The molecule has 4 rings (SSSR count). The summed E-state index contributed by atoms with van der Waals surface area (Å²) in [7, 11) is -1.07. The maximum Gasteiger partial charge on any atom is 0.139 e. The fourth-order valence-electron chi connectivity index (χ4n) is 4.06. The zero-order valence-corrected chi connectivity index (χ0v) is 19.4. The van der Waals surface area contributed by atoms with Crippen molar-refractivity contribution in [1.29, 1.82) is 0 Å². The largest absolute Gasteiger partial charge is 0.378 e. The molecule has 0 amide bonds. The van der Waals surface area contributed by atoms with Crippen molar-refractivity contribution in [2.45, 2.75) is 70.1 Å². The molecule has 0 atom stereocenters. The summed E-state index contributed by atoms with van der Waals surface area (Å²) in [6, 6.07) is 7.54. The highest BCUT2D eigenvalue weighted by atomic mass is 28.3. The van der Waals surface area contributed by atoms with Gasteiger partial charge in [-0.05, 0) is 67.0 Å². The van der Waals surface area contributed by atoms with Crippen LogP contribution < -0.4 is 0 Å². The van der Waals surface area contributed by atoms with Crippen LogP contribution in [0.25, 0.3) is 5.57 Å². The van der Waals surface area contributed by atoms with Crippen LogP contribution in [-0.2, 0) is 17.9 Å². The van der Waals surface area contributed by atoms with Gasteiger partial charge in [-0.25, -0.2) is 4.68 Å². The predicted molar refractivity (Wildman–Crippen MR) is 124 cm³/mol. The molecule has 1 aromatic heterocycles. The van der Waals surface area contributed by atoms with Crippen LogP contribution in [-0.4, -0.2) is 35.2 Å². The average Bonchev–Trinajstić information content (AvgIpc) is 3.42. The van der Waals surface area contributed by atoms with Crippen molar-refractivity contribution in [1.82, 2.24) is 9.78 Å². The lowest BCUT2D eigenvalue weighted by atomic mass is 9.98. The van der Waals surface area contributed by atoms with E-state index in [9.17, 15) is 5.11 Å². The molecule has 0 spiro atoms. The predicted octanol–water partition coefficient (Wildman–Crippen LogP) is 4.84. The molecule has 1 N–H and O–H groups in total. The molecule has 5 heteroatoms. The number of rotatable bonds is 6. The van der Waals surface area contributed by atoms with Crippen LogP contribution in [0.2, 0.25) is 25.7 Å². The van der Waals surface area contributed by atoms with Crippen LogP contribution in [0.15, 0.2) is 36.7 Å². The number of fused-ring (bicyclic) bond motifs is 1. The number of ether oxygens (including phenoxy) is 1. The van der Waals surface area contributed by atoms with E-state index in [0.29, 0.717) is 6.73 Å². The summed E-state index contributed by atoms with van der Waals surface area (Å²) in [6.07, 6.45) is 10.9. The number of benzene rings is 1. The van der Waals surface area contributed by atoms with E-state index in [1.54, 1.807) is 0 Å². The quantitative estimate of drug-likeness (QED) is 0.413. The highest BCUT2D eigenvalue weighted by Gasteiger charge is 2.28. The molecule has 0 bridgehead atoms. The second-order valence-electron chi connectivity index (χ2n) is 9.80. The molecule has 2 aromatic rings. The minimum Gasteiger partial charge on any atom is -0.378 e. The molecule has 0 aliphatic heterocycles. The monoisotopic (exact) mass is 420 g/mol. The van der Waals surface area contributed by atoms with Gasteiger partial charge in [0.1, 0.15) is 12.3 Å². The van der Waals surface area contributed by atoms with Gasteiger partial charge in [-0.2, -0.15) is 5.10 Å². The normalized spacial score (nSPS) is 17.4. The minimum atomic E-state index is -1.07. The molecule has 0 radical (unpaired) electrons. The maximum absolute atomic E-state index is 10.5. The molecule has 2 aliphatic carbocycles. The third-order valence-corrected chi connectivity index (χ3v) is 7.66. The van der Waals surface area contributed by atoms with Crippen LogP contribution >= 0.6 is 0 Å². The first-order valence-corrected chi connectivity index (χ1v) is 14.7. The van der Waals surface area contributed by atoms with Gasteiger partial charge in [-0.15, -0.1) is 0 Å². The summed E-state index contributed by atoms with van der Waals surface area (Å²) in [4.78, 5) is 0. The van der Waals surface area contributed by atoms with Gasteiger partial charge in [-0.3, -0.25) is 0 Å². The molecule has 1 saturated carbocycles. The minimum absolute atomic E-state index is 0.495. The van der Waals surface area contributed by atoms with E-state index in [1.165, 1.54) is 22.7 Å². The van der Waals surface area contributed by atoms with Crippen molar-refractivity contribution in [2.24, 2.45) is 0 Å². The maximum atomic E-state index is 10.5. The Kier molecular flexibility index (Phi) is 6.01. The number of nitrogens with zero attached hydrogens (tertiary/aromatic N) is 2. The summed E-state index contributed by atoms with van der Waals surface area (Å²) >= 11 is 0. The molecule has 4 nitrogen and oxygen atoms in total. The van der Waals surface area contributed by atoms with E-state index in [2.05, 4.69) is 67.1 Å². The smallest absolute Gasteiger partial charge is 0.139 e. The summed E-state index contributed by atoms with van der Waals surface area (Å²) in [6.45, 7) is 8.37. The lowest BCUT2D eigenvalue weighted by Gasteiger charge is -2.15. The molecule has 0 saturated heterocycles. The Morgan fingerprint density at radius 2 is 2.03 bits per heavy atom. The van der Waals surface area contributed by atoms with E-state index in [-0.39, 0.29) is 0 Å². The zero-order chi connectivity index (χ0) is 21.2. The van der Waals surface area contributed by atoms with Crippen molar-refractivity contribution in [3.05, 3.63) is 58.9 Å². The first kappa shape index (κ1) is 21.1. The Bertz CT molecular complexity index is 998. The second-order valence-corrected chi connectivity index (χ2v) is 15.4. The number of aromatic nitrogens is 2. The SMILES string of the molecule is C[Si](C)(C)CCOCn1cc(C2=CCc3ccc(C#CC4(O)CCCC4)cc32)cn1. The molecular formula is C25H32N2O2Si. The van der Waals surface area contributed by atoms with Crippen molar-refractivity contribution < 1.29 is 9.84 Å². The Balaban J connectivity index is 1.44. The van der Waals surface area contributed by atoms with Gasteiger partial charge in [0.2, 0.25) is 0 Å². The third kappa shape index (κ3) is 5.12. The van der Waals surface area contributed by atoms with Gasteiger partial charge in [-0.1, -0.05) is 43.6 Å². The van der Waals surface area contributed by atoms with Crippen molar-refractivity contribution >= 4 is 13.6 Å². The van der Waals surface area contributed by atoms with E-state index >= 15 is 0 Å². The molecule has 1 heterocycles. The van der Waals surface area contributed by atoms with Gasteiger partial charge in [0.15, 0.2) is 0 Å². The Labute approximate surface area is 181 Å². The molecule has 2 aliphatic rings. The van der Waals surface area contributed by atoms with Crippen molar-refractivity contribution in [3.8, 4) is 11.8 Å². The van der Waals surface area contributed by atoms with Crippen molar-refractivity contribution in [2.75, 3.05) is 6.61 Å². The first-order valence-electron chi connectivity index (χ1n) is 11.0. The Hall–Kier alpha value is -2.13. The van der Waals surface area contributed by atoms with Gasteiger partial charge >= 0.3 is 0 Å². The lowest BCUT2D eigenvalue weighted by molar-refractivity contribution is 0.0786. The molecule has 158 valence electrons. The van der Waals surface area contributed by atoms with E-state index < -0.39 is 13.7 Å². The summed E-state index contributed by atoms with van der Waals surface area (Å²) in [5.41, 5.74) is 5.02. The number of hydrogen-bond acceptors (Lipinski definition) is 3. The first-order chi connectivity index (χ1) is 14.3. The van der Waals surface area contributed by atoms with Crippen LogP contribution in [0.5, 0.6) is 0 Å². The molecule has 1 aromatic carbocycles. The number of aliphatic hydroxyl groups is 1. The summed E-state index contributed by atoms with van der Waals surface area (Å²) in [5.74, 6) is 6.33. The zero-order valence-electron chi connectivity index (χ0n) is 18.4. The fourth-order valence-corrected chi connectivity index (χ4v) is 4.82. The van der Waals surface area contributed by atoms with Gasteiger partial charge in [0, 0.05) is 32.0 Å². The lowest BCUT2D eigenvalue weighted by Crippen LogP contribution is -2.22. The highest BCUT2D eigenvalue weighted by molar-refractivity contribution is 6.76. The van der Waals surface area contributed by atoms with E-state index in [4.69, 9.17) is 4.74 Å². The van der Waals surface area contributed by atoms with E-state index in [1.807, 2.05) is 10.9 Å². The van der Waals surface area contributed by atoms with Crippen LogP contribution in [0.1, 0.15) is 47.9 Å². The van der Waals surface area contributed by atoms with Gasteiger partial charge in [0.05, 0.1) is 6.20 Å². The fraction of sp³-hybridized carbons (Fsp3) is 0.480. The second kappa shape index (κ2) is 8.54. The van der Waals surface area contributed by atoms with Crippen LogP contribution in [0, 0.1) is 11.8 Å². The van der Waals surface area contributed by atoms with Crippen molar-refractivity contribution in [3.63, 3.8) is 0 Å². The van der Waals surface area contributed by atoms with Gasteiger partial charge < -0.3 is 9.84 Å². The topological polar surface area (TPSA) is 47.3 Å². The van der Waals surface area contributed by atoms with Crippen LogP contribution in [0.4, 0.5) is 0 Å². The summed E-state index contributed by atoms with van der Waals surface area (Å²) in [5, 5.41) is 15.0. The average molecular weight is 421 g/mol. The standard InChI is InChI=1S/C25H32N2O2Si/c1-30(2,3)15-14-29-19-27-18-22(17-26-27)23-9-8-21-7-6-20(16-24(21)23)10-13-25(28)11-4-5-12-25/h6-7,9,16-18,28H,4-5,8,11-12,14-15,19H2,1-3H3. The Morgan fingerprint density at radius 1 is 1.23 bits per heavy atom. The molecule has 1 fully saturated rings. The number of hydrogen-bond donors (Lipinski definition) is 1. The molecule has 0 unspecified atom stereocenters. The highest BCUT2D eigenvalue weighted by Crippen LogP contribution is 2.33. The summed E-state index contributed by atoms with van der Waals surface area (Å²) < 4.78 is 7.70. The molecule has 30 heavy (non-hydrogen) atoms.